The molecule has 1 amide bonds. The first kappa shape index (κ1) is 18.6. The van der Waals surface area contributed by atoms with Crippen molar-refractivity contribution in [2.45, 2.75) is 33.6 Å². The third-order valence-electron chi connectivity index (χ3n) is 4.91. The number of nitrogens with one attached hydrogen (secondary N) is 1. The molecule has 0 spiro atoms. The van der Waals surface area contributed by atoms with Crippen molar-refractivity contribution >= 4 is 33.0 Å². The number of piperidine rings is 1. The molecule has 1 N–H and O–H groups in total. The van der Waals surface area contributed by atoms with Crippen LogP contribution in [0.2, 0.25) is 0 Å². The molecule has 0 bridgehead atoms. The Balaban J connectivity index is 1.52. The Bertz CT molecular complexity index is 1080. The number of benzene rings is 1. The minimum atomic E-state index is -0.175. The molecule has 1 atom stereocenters. The van der Waals surface area contributed by atoms with E-state index in [0.717, 1.165) is 41.3 Å². The molecule has 28 heavy (non-hydrogen) atoms. The van der Waals surface area contributed by atoms with Gasteiger partial charge in [-0.05, 0) is 56.9 Å². The summed E-state index contributed by atoms with van der Waals surface area (Å²) >= 11 is 1.39. The second kappa shape index (κ2) is 7.35. The number of anilines is 2. The molecule has 3 aromatic rings. The van der Waals surface area contributed by atoms with Crippen LogP contribution in [-0.4, -0.2) is 33.6 Å². The van der Waals surface area contributed by atoms with E-state index >= 15 is 0 Å². The minimum Gasteiger partial charge on any atom is -0.346 e. The van der Waals surface area contributed by atoms with E-state index in [2.05, 4.69) is 26.4 Å². The summed E-state index contributed by atoms with van der Waals surface area (Å²) in [7, 11) is 0. The number of hydrogen-bond donors (Lipinski definition) is 1. The lowest BCUT2D eigenvalue weighted by Gasteiger charge is -2.31. The zero-order valence-corrected chi connectivity index (χ0v) is 17.0. The molecule has 0 radical (unpaired) electrons. The van der Waals surface area contributed by atoms with Gasteiger partial charge in [-0.3, -0.25) is 9.59 Å². The number of hydrogen-bond acceptors (Lipinski definition) is 6. The van der Waals surface area contributed by atoms with E-state index in [-0.39, 0.29) is 17.4 Å². The molecule has 3 heterocycles. The fourth-order valence-electron chi connectivity index (χ4n) is 3.69. The molecule has 146 valence electrons. The zero-order valence-electron chi connectivity index (χ0n) is 16.2. The van der Waals surface area contributed by atoms with Gasteiger partial charge in [-0.25, -0.2) is 4.98 Å². The number of carbonyl (C=O) groups is 1. The largest absolute Gasteiger partial charge is 0.346 e. The van der Waals surface area contributed by atoms with Gasteiger partial charge in [-0.2, -0.15) is 4.52 Å². The third-order valence-corrected chi connectivity index (χ3v) is 5.88. The monoisotopic (exact) mass is 397 g/mol. The number of amides is 1. The van der Waals surface area contributed by atoms with E-state index < -0.39 is 0 Å². The van der Waals surface area contributed by atoms with Crippen molar-refractivity contribution in [1.29, 1.82) is 0 Å². The summed E-state index contributed by atoms with van der Waals surface area (Å²) in [6.07, 6.45) is 1.75. The van der Waals surface area contributed by atoms with Crippen LogP contribution in [0.15, 0.2) is 29.1 Å². The van der Waals surface area contributed by atoms with Gasteiger partial charge in [-0.1, -0.05) is 17.4 Å². The van der Waals surface area contributed by atoms with Crippen molar-refractivity contribution in [3.05, 3.63) is 51.4 Å². The molecule has 1 aromatic carbocycles. The molecule has 2 aromatic heterocycles. The fraction of sp³-hybridized carbons (Fsp3) is 0.400. The van der Waals surface area contributed by atoms with Crippen molar-refractivity contribution in [1.82, 2.24) is 14.6 Å². The van der Waals surface area contributed by atoms with Crippen LogP contribution >= 0.6 is 11.3 Å². The molecule has 1 aliphatic heterocycles. The Labute approximate surface area is 167 Å². The van der Waals surface area contributed by atoms with Gasteiger partial charge in [0, 0.05) is 30.5 Å². The molecule has 1 aliphatic rings. The van der Waals surface area contributed by atoms with Crippen LogP contribution in [0.25, 0.3) is 4.96 Å². The van der Waals surface area contributed by atoms with Crippen LogP contribution in [-0.2, 0) is 4.79 Å². The first-order valence-corrected chi connectivity index (χ1v) is 10.2. The van der Waals surface area contributed by atoms with E-state index in [0.29, 0.717) is 17.2 Å². The highest BCUT2D eigenvalue weighted by Crippen LogP contribution is 2.27. The number of aryl methyl sites for hydroxylation is 3. The maximum atomic E-state index is 12.8. The summed E-state index contributed by atoms with van der Waals surface area (Å²) in [6.45, 7) is 7.26. The standard InChI is InChI=1S/C20H23N5O2S/c1-12-7-13(2)9-16(8-12)22-18(27)15-5-4-6-24(11-15)20-23-25-17(26)10-14(3)21-19(25)28-20/h7-10,15H,4-6,11H2,1-3H3,(H,22,27)/t15-/m1/s1. The van der Waals surface area contributed by atoms with Gasteiger partial charge < -0.3 is 10.2 Å². The maximum Gasteiger partial charge on any atom is 0.275 e. The molecule has 7 nitrogen and oxygen atoms in total. The van der Waals surface area contributed by atoms with Gasteiger partial charge >= 0.3 is 0 Å². The minimum absolute atomic E-state index is 0.0296. The van der Waals surface area contributed by atoms with Gasteiger partial charge in [0.2, 0.25) is 16.0 Å². The molecule has 1 fully saturated rings. The lowest BCUT2D eigenvalue weighted by molar-refractivity contribution is -0.120. The average Bonchev–Trinajstić information content (AvgIpc) is 3.05. The smallest absolute Gasteiger partial charge is 0.275 e. The van der Waals surface area contributed by atoms with Crippen LogP contribution in [0.5, 0.6) is 0 Å². The van der Waals surface area contributed by atoms with Gasteiger partial charge in [-0.15, -0.1) is 5.10 Å². The molecular weight excluding hydrogens is 374 g/mol. The van der Waals surface area contributed by atoms with Crippen LogP contribution in [0.4, 0.5) is 10.8 Å². The number of nitrogens with zero attached hydrogens (tertiary/aromatic N) is 4. The van der Waals surface area contributed by atoms with Crippen LogP contribution in [0, 0.1) is 26.7 Å². The quantitative estimate of drug-likeness (QED) is 0.735. The summed E-state index contributed by atoms with van der Waals surface area (Å²) in [5, 5.41) is 8.23. The number of carbonyl (C=O) groups excluding carboxylic acids is 1. The predicted molar refractivity (Wildman–Crippen MR) is 111 cm³/mol. The van der Waals surface area contributed by atoms with E-state index in [1.807, 2.05) is 26.0 Å². The summed E-state index contributed by atoms with van der Waals surface area (Å²) in [5.41, 5.74) is 3.60. The number of aromatic nitrogens is 3. The molecule has 1 saturated heterocycles. The lowest BCUT2D eigenvalue weighted by atomic mass is 9.97. The van der Waals surface area contributed by atoms with E-state index in [1.54, 1.807) is 6.92 Å². The third kappa shape index (κ3) is 3.77. The van der Waals surface area contributed by atoms with Gasteiger partial charge in [0.15, 0.2) is 0 Å². The first-order chi connectivity index (χ1) is 13.4. The highest BCUT2D eigenvalue weighted by molar-refractivity contribution is 7.20. The van der Waals surface area contributed by atoms with Crippen molar-refractivity contribution in [3.8, 4) is 0 Å². The average molecular weight is 398 g/mol. The molecule has 4 rings (SSSR count). The second-order valence-corrected chi connectivity index (χ2v) is 8.40. The van der Waals surface area contributed by atoms with Gasteiger partial charge in [0.1, 0.15) is 0 Å². The molecule has 0 saturated carbocycles. The van der Waals surface area contributed by atoms with Crippen molar-refractivity contribution < 1.29 is 4.79 Å². The van der Waals surface area contributed by atoms with E-state index in [4.69, 9.17) is 0 Å². The van der Waals surface area contributed by atoms with E-state index in [9.17, 15) is 9.59 Å². The van der Waals surface area contributed by atoms with Crippen molar-refractivity contribution in [2.75, 3.05) is 23.3 Å². The van der Waals surface area contributed by atoms with E-state index in [1.165, 1.54) is 21.9 Å². The summed E-state index contributed by atoms with van der Waals surface area (Å²) in [6, 6.07) is 7.54. The zero-order chi connectivity index (χ0) is 19.8. The Hall–Kier alpha value is -2.74. The van der Waals surface area contributed by atoms with Crippen LogP contribution < -0.4 is 15.8 Å². The van der Waals surface area contributed by atoms with Crippen molar-refractivity contribution in [3.63, 3.8) is 0 Å². The Kier molecular flexibility index (Phi) is 4.89. The highest BCUT2D eigenvalue weighted by atomic mass is 32.1. The normalized spacial score (nSPS) is 17.1. The molecule has 0 unspecified atom stereocenters. The Morgan fingerprint density at radius 3 is 2.68 bits per heavy atom. The second-order valence-electron chi connectivity index (χ2n) is 7.47. The van der Waals surface area contributed by atoms with Crippen LogP contribution in [0.1, 0.15) is 29.7 Å². The van der Waals surface area contributed by atoms with Crippen molar-refractivity contribution in [2.24, 2.45) is 5.92 Å². The SMILES string of the molecule is Cc1cc(C)cc(NC(=O)[C@@H]2CCCN(c3nn4c(=O)cc(C)nc4s3)C2)c1. The maximum absolute atomic E-state index is 12.8. The van der Waals surface area contributed by atoms with Gasteiger partial charge in [0.05, 0.1) is 5.92 Å². The summed E-state index contributed by atoms with van der Waals surface area (Å²) < 4.78 is 1.34. The topological polar surface area (TPSA) is 79.6 Å². The summed E-state index contributed by atoms with van der Waals surface area (Å²) in [4.78, 5) is 32.0. The Morgan fingerprint density at radius 1 is 1.18 bits per heavy atom. The highest BCUT2D eigenvalue weighted by Gasteiger charge is 2.28. The van der Waals surface area contributed by atoms with Gasteiger partial charge in [0.25, 0.3) is 5.56 Å². The first-order valence-electron chi connectivity index (χ1n) is 9.41. The summed E-state index contributed by atoms with van der Waals surface area (Å²) in [5.74, 6) is -0.0880. The number of rotatable bonds is 3. The molecule has 8 heteroatoms. The van der Waals surface area contributed by atoms with Crippen LogP contribution in [0.3, 0.4) is 0 Å². The fourth-order valence-corrected chi connectivity index (χ4v) is 4.68. The molecular formula is C20H23N5O2S. The lowest BCUT2D eigenvalue weighted by Crippen LogP contribution is -2.40. The predicted octanol–water partition coefficient (Wildman–Crippen LogP) is 2.93. The number of fused-ring (bicyclic) bond motifs is 1. The Morgan fingerprint density at radius 2 is 1.93 bits per heavy atom. The molecule has 0 aliphatic carbocycles.